The van der Waals surface area contributed by atoms with Gasteiger partial charge in [-0.15, -0.1) is 11.3 Å². The Morgan fingerprint density at radius 1 is 1.14 bits per heavy atom. The molecule has 0 aliphatic heterocycles. The molecule has 2 aromatic rings. The minimum absolute atomic E-state index is 0.0644. The molecular weight excluding hydrogens is 314 g/mol. The molecule has 22 heavy (non-hydrogen) atoms. The molecule has 0 fully saturated rings. The van der Waals surface area contributed by atoms with E-state index in [1.165, 1.54) is 4.88 Å². The van der Waals surface area contributed by atoms with Crippen LogP contribution in [0.15, 0.2) is 46.7 Å². The van der Waals surface area contributed by atoms with Crippen LogP contribution in [0.5, 0.6) is 0 Å². The highest BCUT2D eigenvalue weighted by molar-refractivity contribution is 7.89. The average Bonchev–Trinajstić information content (AvgIpc) is 3.00. The molecule has 1 N–H and O–H groups in total. The van der Waals surface area contributed by atoms with E-state index in [2.05, 4.69) is 25.5 Å². The van der Waals surface area contributed by atoms with E-state index in [1.54, 1.807) is 23.5 Å². The highest BCUT2D eigenvalue weighted by Gasteiger charge is 2.19. The number of rotatable bonds is 7. The molecule has 0 unspecified atom stereocenters. The highest BCUT2D eigenvalue weighted by atomic mass is 32.2. The van der Waals surface area contributed by atoms with Crippen LogP contribution in [0.3, 0.4) is 0 Å². The fourth-order valence-electron chi connectivity index (χ4n) is 2.14. The lowest BCUT2D eigenvalue weighted by molar-refractivity contribution is 0.505. The average molecular weight is 338 g/mol. The summed E-state index contributed by atoms with van der Waals surface area (Å²) in [4.78, 5) is 1.51. The third kappa shape index (κ3) is 4.18. The lowest BCUT2D eigenvalue weighted by atomic mass is 9.82. The third-order valence-electron chi connectivity index (χ3n) is 4.07. The largest absolute Gasteiger partial charge is 0.240 e. The van der Waals surface area contributed by atoms with Gasteiger partial charge in [-0.2, -0.15) is 0 Å². The van der Waals surface area contributed by atoms with Crippen molar-refractivity contribution in [2.24, 2.45) is 0 Å². The van der Waals surface area contributed by atoms with Gasteiger partial charge in [-0.3, -0.25) is 0 Å². The molecule has 1 heterocycles. The zero-order valence-electron chi connectivity index (χ0n) is 13.3. The topological polar surface area (TPSA) is 46.2 Å². The van der Waals surface area contributed by atoms with E-state index in [4.69, 9.17) is 0 Å². The summed E-state index contributed by atoms with van der Waals surface area (Å²) in [5.41, 5.74) is 1.22. The Hall–Kier alpha value is -1.17. The van der Waals surface area contributed by atoms with Crippen molar-refractivity contribution in [3.05, 3.63) is 52.2 Å². The van der Waals surface area contributed by atoms with Crippen molar-refractivity contribution >= 4 is 21.4 Å². The first-order valence-corrected chi connectivity index (χ1v) is 9.84. The Labute approximate surface area is 137 Å². The number of thiophene rings is 1. The zero-order valence-corrected chi connectivity index (χ0v) is 14.9. The molecule has 0 saturated carbocycles. The summed E-state index contributed by atoms with van der Waals surface area (Å²) in [6, 6.07) is 11.2. The monoisotopic (exact) mass is 337 g/mol. The number of sulfonamides is 1. The van der Waals surface area contributed by atoms with E-state index >= 15 is 0 Å². The lowest BCUT2D eigenvalue weighted by Gasteiger charge is -2.23. The van der Waals surface area contributed by atoms with Crippen LogP contribution in [0.25, 0.3) is 0 Å². The van der Waals surface area contributed by atoms with Gasteiger partial charge in [0.25, 0.3) is 0 Å². The normalized spacial score (nSPS) is 12.5. The third-order valence-corrected chi connectivity index (χ3v) is 6.49. The maximum absolute atomic E-state index is 12.3. The molecule has 0 aliphatic carbocycles. The van der Waals surface area contributed by atoms with Crippen molar-refractivity contribution in [3.8, 4) is 0 Å². The van der Waals surface area contributed by atoms with Crippen LogP contribution >= 0.6 is 11.3 Å². The second-order valence-corrected chi connectivity index (χ2v) is 8.79. The van der Waals surface area contributed by atoms with Gasteiger partial charge in [0.1, 0.15) is 0 Å². The quantitative estimate of drug-likeness (QED) is 0.831. The summed E-state index contributed by atoms with van der Waals surface area (Å²) in [7, 11) is -3.43. The Morgan fingerprint density at radius 2 is 1.82 bits per heavy atom. The smallest absolute Gasteiger partial charge is 0.211 e. The van der Waals surface area contributed by atoms with Gasteiger partial charge < -0.3 is 0 Å². The van der Waals surface area contributed by atoms with Crippen molar-refractivity contribution < 1.29 is 8.42 Å². The zero-order chi connectivity index (χ0) is 16.2. The molecule has 0 spiro atoms. The molecule has 0 atom stereocenters. The van der Waals surface area contributed by atoms with E-state index in [9.17, 15) is 8.42 Å². The van der Waals surface area contributed by atoms with Crippen molar-refractivity contribution in [2.75, 3.05) is 6.54 Å². The second-order valence-electron chi connectivity index (χ2n) is 5.99. The fraction of sp³-hybridized carbons (Fsp3) is 0.412. The first-order chi connectivity index (χ1) is 10.3. The second kappa shape index (κ2) is 6.94. The number of hydrogen-bond donors (Lipinski definition) is 1. The van der Waals surface area contributed by atoms with Gasteiger partial charge in [0, 0.05) is 11.4 Å². The lowest BCUT2D eigenvalue weighted by Crippen LogP contribution is -2.26. The molecule has 0 bridgehead atoms. The summed E-state index contributed by atoms with van der Waals surface area (Å²) in [6.07, 6.45) is 1.73. The van der Waals surface area contributed by atoms with Gasteiger partial charge in [0.15, 0.2) is 0 Å². The van der Waals surface area contributed by atoms with Crippen LogP contribution < -0.4 is 4.72 Å². The van der Waals surface area contributed by atoms with E-state index in [1.807, 2.05) is 29.6 Å². The van der Waals surface area contributed by atoms with Crippen LogP contribution in [0.4, 0.5) is 0 Å². The van der Waals surface area contributed by atoms with E-state index in [0.29, 0.717) is 11.4 Å². The molecule has 0 aliphatic rings. The SMILES string of the molecule is CCC(C)(C)c1ccc(S(=O)(=O)NCCc2cccs2)cc1. The predicted octanol–water partition coefficient (Wildman–Crippen LogP) is 3.96. The minimum Gasteiger partial charge on any atom is -0.211 e. The Kier molecular flexibility index (Phi) is 5.42. The van der Waals surface area contributed by atoms with E-state index in [-0.39, 0.29) is 5.41 Å². The van der Waals surface area contributed by atoms with Gasteiger partial charge in [-0.1, -0.05) is 39.0 Å². The van der Waals surface area contributed by atoms with Crippen molar-refractivity contribution in [1.82, 2.24) is 4.72 Å². The number of nitrogens with one attached hydrogen (secondary N) is 1. The molecule has 120 valence electrons. The van der Waals surface area contributed by atoms with Crippen LogP contribution in [0.1, 0.15) is 37.6 Å². The molecule has 0 saturated heterocycles. The Morgan fingerprint density at radius 3 is 2.36 bits per heavy atom. The summed E-state index contributed by atoms with van der Waals surface area (Å²) >= 11 is 1.64. The standard InChI is InChI=1S/C17H23NO2S2/c1-4-17(2,3)14-7-9-16(10-8-14)22(19,20)18-12-11-15-6-5-13-21-15/h5-10,13,18H,4,11-12H2,1-3H3. The van der Waals surface area contributed by atoms with Crippen LogP contribution in [-0.4, -0.2) is 15.0 Å². The van der Waals surface area contributed by atoms with Crippen LogP contribution in [0, 0.1) is 0 Å². The molecule has 1 aromatic carbocycles. The van der Waals surface area contributed by atoms with Gasteiger partial charge >= 0.3 is 0 Å². The number of benzene rings is 1. The Balaban J connectivity index is 2.03. The summed E-state index contributed by atoms with van der Waals surface area (Å²) in [5, 5.41) is 2.00. The van der Waals surface area contributed by atoms with Crippen LogP contribution in [-0.2, 0) is 21.9 Å². The molecule has 0 amide bonds. The summed E-state index contributed by atoms with van der Waals surface area (Å²) < 4.78 is 27.2. The highest BCUT2D eigenvalue weighted by Crippen LogP contribution is 2.27. The maximum Gasteiger partial charge on any atom is 0.240 e. The molecule has 5 heteroatoms. The Bertz CT molecular complexity index is 687. The maximum atomic E-state index is 12.3. The molecule has 0 radical (unpaired) electrons. The van der Waals surface area contributed by atoms with Crippen molar-refractivity contribution in [2.45, 2.75) is 43.9 Å². The fourth-order valence-corrected chi connectivity index (χ4v) is 3.88. The first kappa shape index (κ1) is 17.2. The minimum atomic E-state index is -3.43. The summed E-state index contributed by atoms with van der Waals surface area (Å²) in [5.74, 6) is 0. The van der Waals surface area contributed by atoms with Crippen molar-refractivity contribution in [3.63, 3.8) is 0 Å². The summed E-state index contributed by atoms with van der Waals surface area (Å²) in [6.45, 7) is 6.88. The van der Waals surface area contributed by atoms with Gasteiger partial charge in [-0.05, 0) is 47.4 Å². The molecule has 1 aromatic heterocycles. The molecule has 2 rings (SSSR count). The van der Waals surface area contributed by atoms with Crippen molar-refractivity contribution in [1.29, 1.82) is 0 Å². The molecule has 3 nitrogen and oxygen atoms in total. The van der Waals surface area contributed by atoms with Gasteiger partial charge in [0.05, 0.1) is 4.90 Å². The predicted molar refractivity (Wildman–Crippen MR) is 93.0 cm³/mol. The molecular formula is C17H23NO2S2. The van der Waals surface area contributed by atoms with E-state index < -0.39 is 10.0 Å². The first-order valence-electron chi connectivity index (χ1n) is 7.48. The van der Waals surface area contributed by atoms with Gasteiger partial charge in [0.2, 0.25) is 10.0 Å². The van der Waals surface area contributed by atoms with Crippen LogP contribution in [0.2, 0.25) is 0 Å². The van der Waals surface area contributed by atoms with Gasteiger partial charge in [-0.25, -0.2) is 13.1 Å². The number of hydrogen-bond acceptors (Lipinski definition) is 3. The van der Waals surface area contributed by atoms with E-state index in [0.717, 1.165) is 18.4 Å².